The number of fused-ring (bicyclic) bond motifs is 2. The van der Waals surface area contributed by atoms with Gasteiger partial charge in [0, 0.05) is 28.9 Å². The first-order chi connectivity index (χ1) is 9.24. The minimum Gasteiger partial charge on any atom is -0.387 e. The number of nitrogens with zero attached hydrogens (tertiary/aromatic N) is 1. The molecule has 3 rings (SSSR count). The summed E-state index contributed by atoms with van der Waals surface area (Å²) in [5.74, 6) is 0. The van der Waals surface area contributed by atoms with Crippen LogP contribution < -0.4 is 5.32 Å². The van der Waals surface area contributed by atoms with Crippen LogP contribution in [0.25, 0.3) is 10.9 Å². The van der Waals surface area contributed by atoms with Gasteiger partial charge in [-0.3, -0.25) is 4.98 Å². The summed E-state index contributed by atoms with van der Waals surface area (Å²) in [6.07, 6.45) is 1.89. The van der Waals surface area contributed by atoms with Crippen LogP contribution in [0.1, 0.15) is 23.7 Å². The fraction of sp³-hybridized carbons (Fsp3) is 0.400. The van der Waals surface area contributed by atoms with Crippen molar-refractivity contribution in [3.63, 3.8) is 0 Å². The van der Waals surface area contributed by atoms with Gasteiger partial charge in [-0.1, -0.05) is 22.9 Å². The molecule has 4 heteroatoms. The highest BCUT2D eigenvalue weighted by Gasteiger charge is 2.19. The Morgan fingerprint density at radius 3 is 3.00 bits per heavy atom. The lowest BCUT2D eigenvalue weighted by Gasteiger charge is -2.22. The Balaban J connectivity index is 2.39. The quantitative estimate of drug-likeness (QED) is 0.916. The maximum absolute atomic E-state index is 5.58. The number of aromatic nitrogens is 1. The Morgan fingerprint density at radius 1 is 1.42 bits per heavy atom. The van der Waals surface area contributed by atoms with E-state index in [1.807, 2.05) is 7.05 Å². The zero-order chi connectivity index (χ0) is 13.4. The lowest BCUT2D eigenvalue weighted by atomic mass is 10.00. The normalized spacial score (nSPS) is 14.5. The minimum atomic E-state index is 0.655. The van der Waals surface area contributed by atoms with Crippen LogP contribution in [0.15, 0.2) is 16.6 Å². The van der Waals surface area contributed by atoms with Crippen molar-refractivity contribution >= 4 is 32.5 Å². The number of hydrogen-bond acceptors (Lipinski definition) is 3. The van der Waals surface area contributed by atoms with Crippen molar-refractivity contribution in [2.75, 3.05) is 19.0 Å². The molecule has 1 aliphatic rings. The highest BCUT2D eigenvalue weighted by molar-refractivity contribution is 9.10. The van der Waals surface area contributed by atoms with Crippen molar-refractivity contribution in [2.45, 2.75) is 26.4 Å². The summed E-state index contributed by atoms with van der Waals surface area (Å²) >= 11 is 3.60. The van der Waals surface area contributed by atoms with Gasteiger partial charge >= 0.3 is 0 Å². The zero-order valence-corrected chi connectivity index (χ0v) is 12.8. The molecule has 0 aliphatic carbocycles. The molecule has 0 spiro atoms. The Hall–Kier alpha value is -1.13. The van der Waals surface area contributed by atoms with E-state index in [9.17, 15) is 0 Å². The summed E-state index contributed by atoms with van der Waals surface area (Å²) in [5, 5.41) is 4.51. The second-order valence-electron chi connectivity index (χ2n) is 4.78. The molecule has 0 bridgehead atoms. The van der Waals surface area contributed by atoms with E-state index < -0.39 is 0 Å². The molecule has 1 aromatic carbocycles. The third-order valence-electron chi connectivity index (χ3n) is 3.68. The van der Waals surface area contributed by atoms with E-state index in [0.29, 0.717) is 6.61 Å². The summed E-state index contributed by atoms with van der Waals surface area (Å²) in [4.78, 5) is 4.90. The number of halogens is 1. The topological polar surface area (TPSA) is 34.2 Å². The van der Waals surface area contributed by atoms with E-state index in [1.54, 1.807) is 0 Å². The zero-order valence-electron chi connectivity index (χ0n) is 11.2. The van der Waals surface area contributed by atoms with Gasteiger partial charge in [-0.15, -0.1) is 0 Å². The molecule has 0 atom stereocenters. The fourth-order valence-electron chi connectivity index (χ4n) is 2.75. The summed E-state index contributed by atoms with van der Waals surface area (Å²) < 4.78 is 6.69. The van der Waals surface area contributed by atoms with E-state index in [4.69, 9.17) is 9.72 Å². The smallest absolute Gasteiger partial charge is 0.0758 e. The van der Waals surface area contributed by atoms with Gasteiger partial charge in [-0.25, -0.2) is 0 Å². The average molecular weight is 321 g/mol. The molecule has 1 N–H and O–H groups in total. The van der Waals surface area contributed by atoms with Crippen LogP contribution in [0.3, 0.4) is 0 Å². The van der Waals surface area contributed by atoms with Crippen molar-refractivity contribution < 1.29 is 4.74 Å². The van der Waals surface area contributed by atoms with Crippen molar-refractivity contribution in [3.8, 4) is 0 Å². The minimum absolute atomic E-state index is 0.655. The number of aryl methyl sites for hydroxylation is 1. The van der Waals surface area contributed by atoms with Crippen molar-refractivity contribution in [1.29, 1.82) is 0 Å². The van der Waals surface area contributed by atoms with Gasteiger partial charge in [0.05, 0.1) is 30.1 Å². The molecule has 1 aliphatic heterocycles. The number of pyridine rings is 1. The first-order valence-corrected chi connectivity index (χ1v) is 7.43. The SMILES string of the molecule is CCc1cc(Br)cc2c(NC)c3c(nc12)CCOC3. The summed E-state index contributed by atoms with van der Waals surface area (Å²) in [7, 11) is 1.97. The summed E-state index contributed by atoms with van der Waals surface area (Å²) in [5.41, 5.74) is 5.96. The lowest BCUT2D eigenvalue weighted by molar-refractivity contribution is 0.110. The van der Waals surface area contributed by atoms with Crippen LogP contribution in [0.2, 0.25) is 0 Å². The molecular weight excluding hydrogens is 304 g/mol. The van der Waals surface area contributed by atoms with Gasteiger partial charge in [0.15, 0.2) is 0 Å². The first-order valence-electron chi connectivity index (χ1n) is 6.64. The Bertz CT molecular complexity index is 640. The highest BCUT2D eigenvalue weighted by Crippen LogP contribution is 2.34. The molecule has 2 heterocycles. The number of anilines is 1. The van der Waals surface area contributed by atoms with Gasteiger partial charge in [0.25, 0.3) is 0 Å². The molecule has 0 fully saturated rings. The van der Waals surface area contributed by atoms with Crippen LogP contribution in [-0.2, 0) is 24.2 Å². The van der Waals surface area contributed by atoms with Crippen molar-refractivity contribution in [2.24, 2.45) is 0 Å². The second kappa shape index (κ2) is 5.10. The van der Waals surface area contributed by atoms with Crippen LogP contribution in [0, 0.1) is 0 Å². The van der Waals surface area contributed by atoms with E-state index in [0.717, 1.165) is 35.1 Å². The van der Waals surface area contributed by atoms with Crippen LogP contribution in [0.4, 0.5) is 5.69 Å². The summed E-state index contributed by atoms with van der Waals surface area (Å²) in [6.45, 7) is 3.60. The fourth-order valence-corrected chi connectivity index (χ4v) is 3.25. The van der Waals surface area contributed by atoms with Crippen LogP contribution in [-0.4, -0.2) is 18.6 Å². The maximum atomic E-state index is 5.58. The lowest BCUT2D eigenvalue weighted by Crippen LogP contribution is -2.15. The van der Waals surface area contributed by atoms with E-state index >= 15 is 0 Å². The number of nitrogens with one attached hydrogen (secondary N) is 1. The largest absolute Gasteiger partial charge is 0.387 e. The van der Waals surface area contributed by atoms with Crippen molar-refractivity contribution in [3.05, 3.63) is 33.4 Å². The summed E-state index contributed by atoms with van der Waals surface area (Å²) in [6, 6.07) is 4.31. The standard InChI is InChI=1S/C15H17BrN2O/c1-3-9-6-10(16)7-11-14(9)18-13-4-5-19-8-12(13)15(11)17-2/h6-7H,3-5,8H2,1-2H3,(H,17,18). The molecule has 0 amide bonds. The van der Waals surface area contributed by atoms with Crippen LogP contribution >= 0.6 is 15.9 Å². The predicted octanol–water partition coefficient (Wildman–Crippen LogP) is 3.67. The van der Waals surface area contributed by atoms with Crippen molar-refractivity contribution in [1.82, 2.24) is 4.98 Å². The van der Waals surface area contributed by atoms with E-state index in [2.05, 4.69) is 40.3 Å². The Labute approximate surface area is 121 Å². The van der Waals surface area contributed by atoms with Gasteiger partial charge in [-0.2, -0.15) is 0 Å². The molecule has 3 nitrogen and oxygen atoms in total. The number of benzene rings is 1. The number of rotatable bonds is 2. The van der Waals surface area contributed by atoms with E-state index in [1.165, 1.54) is 22.2 Å². The monoisotopic (exact) mass is 320 g/mol. The Kier molecular flexibility index (Phi) is 3.46. The molecule has 0 unspecified atom stereocenters. The van der Waals surface area contributed by atoms with Gasteiger partial charge in [0.1, 0.15) is 0 Å². The number of ether oxygens (including phenoxy) is 1. The average Bonchev–Trinajstić information content (AvgIpc) is 2.44. The van der Waals surface area contributed by atoms with Gasteiger partial charge < -0.3 is 10.1 Å². The molecule has 0 saturated carbocycles. The van der Waals surface area contributed by atoms with Gasteiger partial charge in [-0.05, 0) is 24.1 Å². The molecule has 1 aromatic heterocycles. The number of hydrogen-bond donors (Lipinski definition) is 1. The Morgan fingerprint density at radius 2 is 2.26 bits per heavy atom. The molecule has 19 heavy (non-hydrogen) atoms. The second-order valence-corrected chi connectivity index (χ2v) is 5.69. The molecule has 100 valence electrons. The van der Waals surface area contributed by atoms with Crippen LogP contribution in [0.5, 0.6) is 0 Å². The van der Waals surface area contributed by atoms with Gasteiger partial charge in [0.2, 0.25) is 0 Å². The molecule has 2 aromatic rings. The molecule has 0 saturated heterocycles. The first kappa shape index (κ1) is 12.9. The third kappa shape index (κ3) is 2.13. The predicted molar refractivity (Wildman–Crippen MR) is 81.7 cm³/mol. The molecular formula is C15H17BrN2O. The highest BCUT2D eigenvalue weighted by atomic mass is 79.9. The van der Waals surface area contributed by atoms with E-state index in [-0.39, 0.29) is 0 Å². The maximum Gasteiger partial charge on any atom is 0.0758 e. The molecule has 0 radical (unpaired) electrons. The third-order valence-corrected chi connectivity index (χ3v) is 4.14.